The van der Waals surface area contributed by atoms with Crippen LogP contribution in [-0.2, 0) is 28.6 Å². The molecule has 0 radical (unpaired) electrons. The Morgan fingerprint density at radius 3 is 1.28 bits per heavy atom. The van der Waals surface area contributed by atoms with Crippen molar-refractivity contribution in [2.75, 3.05) is 25.7 Å². The van der Waals surface area contributed by atoms with Crippen molar-refractivity contribution in [1.29, 1.82) is 0 Å². The molecule has 0 aliphatic heterocycles. The third-order valence-electron chi connectivity index (χ3n) is 3.00. The summed E-state index contributed by atoms with van der Waals surface area (Å²) in [6, 6.07) is 0. The minimum atomic E-state index is -3.37. The molecule has 0 saturated heterocycles. The van der Waals surface area contributed by atoms with E-state index in [9.17, 15) is 16.8 Å². The molecule has 1 aliphatic carbocycles. The molecule has 0 amide bonds. The van der Waals surface area contributed by atoms with Crippen LogP contribution in [0.5, 0.6) is 0 Å². The van der Waals surface area contributed by atoms with Gasteiger partial charge in [0.05, 0.1) is 25.7 Å². The molecule has 0 unspecified atom stereocenters. The third kappa shape index (κ3) is 7.30. The van der Waals surface area contributed by atoms with Gasteiger partial charge >= 0.3 is 0 Å². The molecular formula is C10H20O6S2. The molecule has 0 aromatic rings. The summed E-state index contributed by atoms with van der Waals surface area (Å²) in [5.41, 5.74) is 0. The topological polar surface area (TPSA) is 86.7 Å². The average Bonchev–Trinajstić information content (AvgIpc) is 2.23. The predicted molar refractivity (Wildman–Crippen MR) is 67.0 cm³/mol. The van der Waals surface area contributed by atoms with Crippen LogP contribution >= 0.6 is 0 Å². The zero-order valence-electron chi connectivity index (χ0n) is 10.7. The molecule has 1 rings (SSSR count). The molecule has 0 spiro atoms. The first kappa shape index (κ1) is 15.9. The van der Waals surface area contributed by atoms with E-state index in [1.165, 1.54) is 0 Å². The molecule has 18 heavy (non-hydrogen) atoms. The summed E-state index contributed by atoms with van der Waals surface area (Å²) in [5.74, 6) is 0.461. The van der Waals surface area contributed by atoms with Crippen LogP contribution in [0.15, 0.2) is 0 Å². The minimum Gasteiger partial charge on any atom is -0.270 e. The fourth-order valence-corrected chi connectivity index (χ4v) is 2.88. The molecule has 6 nitrogen and oxygen atoms in total. The summed E-state index contributed by atoms with van der Waals surface area (Å²) >= 11 is 0. The van der Waals surface area contributed by atoms with Gasteiger partial charge in [0.2, 0.25) is 0 Å². The van der Waals surface area contributed by atoms with Crippen molar-refractivity contribution in [1.82, 2.24) is 0 Å². The largest absolute Gasteiger partial charge is 0.270 e. The van der Waals surface area contributed by atoms with Crippen molar-refractivity contribution >= 4 is 20.2 Å². The highest BCUT2D eigenvalue weighted by atomic mass is 32.2. The van der Waals surface area contributed by atoms with E-state index in [1.807, 2.05) is 0 Å². The van der Waals surface area contributed by atoms with Gasteiger partial charge in [-0.15, -0.1) is 0 Å². The highest BCUT2D eigenvalue weighted by Gasteiger charge is 2.23. The molecule has 0 aromatic carbocycles. The fourth-order valence-electron chi connectivity index (χ4n) is 2.00. The first-order chi connectivity index (χ1) is 8.16. The molecule has 0 heterocycles. The van der Waals surface area contributed by atoms with Gasteiger partial charge in [-0.1, -0.05) is 0 Å². The Morgan fingerprint density at radius 1 is 0.778 bits per heavy atom. The van der Waals surface area contributed by atoms with E-state index in [0.29, 0.717) is 0 Å². The molecule has 0 bridgehead atoms. The first-order valence-electron chi connectivity index (χ1n) is 5.84. The van der Waals surface area contributed by atoms with Crippen molar-refractivity contribution in [2.45, 2.75) is 25.7 Å². The first-order valence-corrected chi connectivity index (χ1v) is 9.48. The molecular weight excluding hydrogens is 280 g/mol. The van der Waals surface area contributed by atoms with Crippen molar-refractivity contribution in [3.63, 3.8) is 0 Å². The van der Waals surface area contributed by atoms with Gasteiger partial charge in [-0.05, 0) is 37.5 Å². The summed E-state index contributed by atoms with van der Waals surface area (Å²) in [5, 5.41) is 0. The van der Waals surface area contributed by atoms with E-state index < -0.39 is 20.2 Å². The maximum absolute atomic E-state index is 10.8. The zero-order chi connectivity index (χ0) is 13.8. The molecule has 0 aromatic heterocycles. The maximum Gasteiger partial charge on any atom is 0.264 e. The van der Waals surface area contributed by atoms with Gasteiger partial charge in [-0.25, -0.2) is 0 Å². The lowest BCUT2D eigenvalue weighted by Crippen LogP contribution is -2.23. The summed E-state index contributed by atoms with van der Waals surface area (Å²) in [6.07, 6.45) is 5.44. The maximum atomic E-state index is 10.8. The second-order valence-corrected chi connectivity index (χ2v) is 8.15. The van der Waals surface area contributed by atoms with E-state index in [2.05, 4.69) is 0 Å². The van der Waals surface area contributed by atoms with Crippen molar-refractivity contribution in [3.05, 3.63) is 0 Å². The van der Waals surface area contributed by atoms with Crippen LogP contribution in [0.4, 0.5) is 0 Å². The lowest BCUT2D eigenvalue weighted by Gasteiger charge is -2.27. The van der Waals surface area contributed by atoms with E-state index in [1.54, 1.807) is 0 Å². The van der Waals surface area contributed by atoms with Crippen LogP contribution < -0.4 is 0 Å². The normalized spacial score (nSPS) is 26.1. The van der Waals surface area contributed by atoms with Gasteiger partial charge in [0, 0.05) is 0 Å². The highest BCUT2D eigenvalue weighted by molar-refractivity contribution is 7.86. The Bertz CT molecular complexity index is 401. The van der Waals surface area contributed by atoms with Crippen LogP contribution in [0.2, 0.25) is 0 Å². The van der Waals surface area contributed by atoms with Crippen molar-refractivity contribution in [3.8, 4) is 0 Å². The van der Waals surface area contributed by atoms with Crippen molar-refractivity contribution in [2.24, 2.45) is 11.8 Å². The lowest BCUT2D eigenvalue weighted by molar-refractivity contribution is 0.154. The third-order valence-corrected chi connectivity index (χ3v) is 4.13. The van der Waals surface area contributed by atoms with E-state index >= 15 is 0 Å². The average molecular weight is 300 g/mol. The van der Waals surface area contributed by atoms with E-state index in [0.717, 1.165) is 38.2 Å². The lowest BCUT2D eigenvalue weighted by atomic mass is 9.83. The van der Waals surface area contributed by atoms with Gasteiger partial charge in [0.15, 0.2) is 0 Å². The highest BCUT2D eigenvalue weighted by Crippen LogP contribution is 2.29. The molecule has 1 saturated carbocycles. The van der Waals surface area contributed by atoms with Crippen molar-refractivity contribution < 1.29 is 25.2 Å². The summed E-state index contributed by atoms with van der Waals surface area (Å²) in [6.45, 7) is 0.441. The number of rotatable bonds is 6. The van der Waals surface area contributed by atoms with Gasteiger partial charge in [-0.2, -0.15) is 16.8 Å². The van der Waals surface area contributed by atoms with E-state index in [4.69, 9.17) is 8.37 Å². The molecule has 1 fully saturated rings. The monoisotopic (exact) mass is 300 g/mol. The van der Waals surface area contributed by atoms with Crippen LogP contribution in [0.3, 0.4) is 0 Å². The Balaban J connectivity index is 2.25. The summed E-state index contributed by atoms with van der Waals surface area (Å²) in [7, 11) is -6.74. The van der Waals surface area contributed by atoms with E-state index in [-0.39, 0.29) is 25.0 Å². The SMILES string of the molecule is CS(=O)(=O)OCC1CCC(COS(C)(=O)=O)CC1. The predicted octanol–water partition coefficient (Wildman–Crippen LogP) is 0.745. The summed E-state index contributed by atoms with van der Waals surface area (Å²) in [4.78, 5) is 0. The van der Waals surface area contributed by atoms with Gasteiger partial charge in [-0.3, -0.25) is 8.37 Å². The van der Waals surface area contributed by atoms with Crippen LogP contribution in [0.1, 0.15) is 25.7 Å². The number of hydrogen-bond acceptors (Lipinski definition) is 6. The Morgan fingerprint density at radius 2 is 1.06 bits per heavy atom. The van der Waals surface area contributed by atoms with Gasteiger partial charge < -0.3 is 0 Å². The van der Waals surface area contributed by atoms with Crippen LogP contribution in [0, 0.1) is 11.8 Å². The van der Waals surface area contributed by atoms with Crippen LogP contribution in [-0.4, -0.2) is 42.6 Å². The minimum absolute atomic E-state index is 0.221. The van der Waals surface area contributed by atoms with Gasteiger partial charge in [0.25, 0.3) is 20.2 Å². The molecule has 0 atom stereocenters. The Hall–Kier alpha value is -0.180. The fraction of sp³-hybridized carbons (Fsp3) is 1.00. The smallest absolute Gasteiger partial charge is 0.264 e. The molecule has 0 N–H and O–H groups in total. The zero-order valence-corrected chi connectivity index (χ0v) is 12.3. The number of hydrogen-bond donors (Lipinski definition) is 0. The Kier molecular flexibility index (Phi) is 5.57. The second-order valence-electron chi connectivity index (χ2n) is 4.86. The van der Waals surface area contributed by atoms with Crippen LogP contribution in [0.25, 0.3) is 0 Å². The molecule has 8 heteroatoms. The summed E-state index contributed by atoms with van der Waals surface area (Å²) < 4.78 is 52.9. The standard InChI is InChI=1S/C10H20O6S2/c1-17(11,12)15-7-9-3-5-10(6-4-9)8-16-18(2,13)14/h9-10H,3-8H2,1-2H3. The second kappa shape index (κ2) is 6.31. The van der Waals surface area contributed by atoms with Gasteiger partial charge in [0.1, 0.15) is 0 Å². The molecule has 1 aliphatic rings. The quantitative estimate of drug-likeness (QED) is 0.673. The molecule has 108 valence electrons. The Labute approximate surface area is 109 Å².